The lowest BCUT2D eigenvalue weighted by atomic mass is 10.2. The quantitative estimate of drug-likeness (QED) is 0.599. The Hall–Kier alpha value is -2.25. The maximum absolute atomic E-state index is 12.7. The summed E-state index contributed by atoms with van der Waals surface area (Å²) in [4.78, 5) is 11.7. The minimum Gasteiger partial charge on any atom is -0.404 e. The Morgan fingerprint density at radius 1 is 1.38 bits per heavy atom. The minimum absolute atomic E-state index is 0.0655. The number of amides is 1. The van der Waals surface area contributed by atoms with E-state index in [9.17, 15) is 26.4 Å². The lowest BCUT2D eigenvalue weighted by molar-refractivity contribution is -0.275. The van der Waals surface area contributed by atoms with Crippen LogP contribution in [0.15, 0.2) is 22.1 Å². The van der Waals surface area contributed by atoms with Gasteiger partial charge >= 0.3 is 6.36 Å². The van der Waals surface area contributed by atoms with Crippen LogP contribution in [0.1, 0.15) is 31.1 Å². The number of rotatable bonds is 6. The molecule has 0 radical (unpaired) electrons. The minimum atomic E-state index is -5.15. The maximum atomic E-state index is 12.7. The highest BCUT2D eigenvalue weighted by atomic mass is 35.5. The number of carbonyl (C=O) groups excluding carboxylic acids is 1. The van der Waals surface area contributed by atoms with Gasteiger partial charge in [0.1, 0.15) is 10.6 Å². The summed E-state index contributed by atoms with van der Waals surface area (Å²) in [6.45, 7) is 5.31. The third kappa shape index (κ3) is 5.64. The molecule has 0 saturated carbocycles. The lowest BCUT2D eigenvalue weighted by Gasteiger charge is -2.19. The normalized spacial score (nSPS) is 14.6. The van der Waals surface area contributed by atoms with Gasteiger partial charge in [0.25, 0.3) is 5.91 Å². The molecule has 0 bridgehead atoms. The summed E-state index contributed by atoms with van der Waals surface area (Å²) in [5.41, 5.74) is 4.67. The molecule has 3 N–H and O–H groups in total. The topological polar surface area (TPSA) is 112 Å². The van der Waals surface area contributed by atoms with Gasteiger partial charge in [-0.15, -0.1) is 23.8 Å². The SMILES string of the molecule is CCN1NNN=C1NC(=O)c1ccc(OC(F)(F)F)c(S(=O)(=O)CC(C)C)c1Cl. The number of nitrogens with zero attached hydrogens (tertiary/aromatic N) is 2. The Kier molecular flexibility index (Phi) is 6.86. The second-order valence-electron chi connectivity index (χ2n) is 6.33. The Balaban J connectivity index is 2.50. The molecule has 0 unspecified atom stereocenters. The van der Waals surface area contributed by atoms with Crippen LogP contribution in [-0.2, 0) is 9.84 Å². The van der Waals surface area contributed by atoms with Crippen molar-refractivity contribution in [3.05, 3.63) is 22.7 Å². The first-order valence-corrected chi connectivity index (χ1v) is 10.4. The van der Waals surface area contributed by atoms with Crippen LogP contribution < -0.4 is 21.1 Å². The van der Waals surface area contributed by atoms with E-state index in [1.165, 1.54) is 5.01 Å². The zero-order chi connectivity index (χ0) is 22.0. The first-order chi connectivity index (χ1) is 13.4. The highest BCUT2D eigenvalue weighted by molar-refractivity contribution is 7.91. The van der Waals surface area contributed by atoms with Crippen molar-refractivity contribution in [1.82, 2.24) is 21.4 Å². The summed E-state index contributed by atoms with van der Waals surface area (Å²) in [5, 5.41) is 6.91. The van der Waals surface area contributed by atoms with Crippen LogP contribution in [0.4, 0.5) is 13.2 Å². The van der Waals surface area contributed by atoms with Crippen molar-refractivity contribution < 1.29 is 31.1 Å². The van der Waals surface area contributed by atoms with E-state index in [2.05, 4.69) is 26.2 Å². The van der Waals surface area contributed by atoms with Gasteiger partial charge in [0, 0.05) is 6.54 Å². The van der Waals surface area contributed by atoms with Gasteiger partial charge in [-0.05, 0) is 25.0 Å². The second kappa shape index (κ2) is 8.63. The molecule has 0 fully saturated rings. The number of hydrogen-bond acceptors (Lipinski definition) is 8. The third-order valence-corrected chi connectivity index (χ3v) is 6.18. The van der Waals surface area contributed by atoms with E-state index in [4.69, 9.17) is 11.6 Å². The van der Waals surface area contributed by atoms with Crippen LogP contribution in [0, 0.1) is 5.92 Å². The number of carbonyl (C=O) groups is 1. The van der Waals surface area contributed by atoms with Crippen LogP contribution in [0.25, 0.3) is 0 Å². The van der Waals surface area contributed by atoms with E-state index in [0.29, 0.717) is 6.54 Å². The number of hydrazone groups is 1. The van der Waals surface area contributed by atoms with E-state index in [1.54, 1.807) is 20.8 Å². The van der Waals surface area contributed by atoms with Crippen LogP contribution in [-0.4, -0.2) is 44.0 Å². The zero-order valence-corrected chi connectivity index (χ0v) is 17.2. The van der Waals surface area contributed by atoms with Crippen LogP contribution in [0.5, 0.6) is 5.75 Å². The molecule has 1 aliphatic rings. The molecule has 162 valence electrons. The lowest BCUT2D eigenvalue weighted by Crippen LogP contribution is -2.47. The predicted octanol–water partition coefficient (Wildman–Crippen LogP) is 2.01. The number of sulfone groups is 1. The van der Waals surface area contributed by atoms with E-state index >= 15 is 0 Å². The summed E-state index contributed by atoms with van der Waals surface area (Å²) < 4.78 is 67.4. The summed E-state index contributed by atoms with van der Waals surface area (Å²) >= 11 is 6.09. The van der Waals surface area contributed by atoms with E-state index < -0.39 is 49.4 Å². The van der Waals surface area contributed by atoms with Gasteiger partial charge in [-0.3, -0.25) is 15.1 Å². The molecule has 1 aromatic carbocycles. The van der Waals surface area contributed by atoms with E-state index in [-0.39, 0.29) is 11.5 Å². The molecular formula is C15H19ClF3N5O4S. The van der Waals surface area contributed by atoms with Gasteiger partial charge in [0.2, 0.25) is 5.96 Å². The summed E-state index contributed by atoms with van der Waals surface area (Å²) in [6.07, 6.45) is -5.15. The van der Waals surface area contributed by atoms with Crippen molar-refractivity contribution in [2.24, 2.45) is 11.0 Å². The van der Waals surface area contributed by atoms with Gasteiger partial charge in [0.15, 0.2) is 9.84 Å². The number of nitrogens with one attached hydrogen (secondary N) is 3. The molecule has 1 aromatic rings. The fourth-order valence-corrected chi connectivity index (χ4v) is 4.91. The molecule has 1 heterocycles. The number of halogens is 4. The molecule has 29 heavy (non-hydrogen) atoms. The molecule has 0 aliphatic carbocycles. The predicted molar refractivity (Wildman–Crippen MR) is 98.6 cm³/mol. The van der Waals surface area contributed by atoms with Crippen molar-refractivity contribution in [2.75, 3.05) is 12.3 Å². The Bertz CT molecular complexity index is 921. The van der Waals surface area contributed by atoms with Gasteiger partial charge in [-0.1, -0.05) is 25.4 Å². The second-order valence-corrected chi connectivity index (χ2v) is 8.68. The monoisotopic (exact) mass is 457 g/mol. The van der Waals surface area contributed by atoms with Crippen LogP contribution in [0.2, 0.25) is 5.02 Å². The first kappa shape index (κ1) is 23.0. The fraction of sp³-hybridized carbons (Fsp3) is 0.467. The average molecular weight is 458 g/mol. The van der Waals surface area contributed by atoms with Crippen molar-refractivity contribution in [3.63, 3.8) is 0 Å². The molecule has 2 rings (SSSR count). The van der Waals surface area contributed by atoms with Crippen molar-refractivity contribution in [3.8, 4) is 5.75 Å². The number of benzene rings is 1. The third-order valence-electron chi connectivity index (χ3n) is 3.54. The Morgan fingerprint density at radius 3 is 2.59 bits per heavy atom. The summed E-state index contributed by atoms with van der Waals surface area (Å²) in [7, 11) is -4.29. The molecule has 0 saturated heterocycles. The number of hydrazine groups is 2. The average Bonchev–Trinajstić information content (AvgIpc) is 2.98. The van der Waals surface area contributed by atoms with E-state index in [1.807, 2.05) is 0 Å². The van der Waals surface area contributed by atoms with Crippen molar-refractivity contribution in [2.45, 2.75) is 32.0 Å². The van der Waals surface area contributed by atoms with E-state index in [0.717, 1.165) is 12.1 Å². The molecule has 1 aliphatic heterocycles. The Labute approximate surface area is 170 Å². The largest absolute Gasteiger partial charge is 0.573 e. The number of hydrogen-bond donors (Lipinski definition) is 3. The van der Waals surface area contributed by atoms with Gasteiger partial charge in [-0.25, -0.2) is 14.0 Å². The molecule has 9 nitrogen and oxygen atoms in total. The molecule has 0 atom stereocenters. The molecule has 0 spiro atoms. The summed E-state index contributed by atoms with van der Waals surface area (Å²) in [5.74, 6) is -2.70. The molecule has 14 heteroatoms. The zero-order valence-electron chi connectivity index (χ0n) is 15.6. The maximum Gasteiger partial charge on any atom is 0.573 e. The molecule has 1 amide bonds. The summed E-state index contributed by atoms with van der Waals surface area (Å²) in [6, 6.07) is 1.69. The highest BCUT2D eigenvalue weighted by Gasteiger charge is 2.36. The standard InChI is InChI=1S/C15H19ClF3N5O4S/c1-4-24-14(21-22-23-24)20-13(25)9-5-6-10(28-15(17,18)19)12(11(9)16)29(26,27)7-8(2)3/h5-6,8,22-23H,4,7H2,1-3H3,(H,20,21,25). The number of ether oxygens (including phenoxy) is 1. The first-order valence-electron chi connectivity index (χ1n) is 8.34. The van der Waals surface area contributed by atoms with Crippen molar-refractivity contribution >= 4 is 33.3 Å². The van der Waals surface area contributed by atoms with Crippen LogP contribution >= 0.6 is 11.6 Å². The van der Waals surface area contributed by atoms with Gasteiger partial charge < -0.3 is 4.74 Å². The fourth-order valence-electron chi connectivity index (χ4n) is 2.48. The smallest absolute Gasteiger partial charge is 0.404 e. The Morgan fingerprint density at radius 2 is 2.03 bits per heavy atom. The molecular weight excluding hydrogens is 439 g/mol. The van der Waals surface area contributed by atoms with Crippen molar-refractivity contribution in [1.29, 1.82) is 0 Å². The molecule has 0 aromatic heterocycles. The van der Waals surface area contributed by atoms with Gasteiger partial charge in [-0.2, -0.15) is 0 Å². The highest BCUT2D eigenvalue weighted by Crippen LogP contribution is 2.38. The van der Waals surface area contributed by atoms with Crippen LogP contribution in [0.3, 0.4) is 0 Å². The number of guanidine groups is 1. The van der Waals surface area contributed by atoms with Gasteiger partial charge in [0.05, 0.1) is 16.3 Å². The number of alkyl halides is 3.